The van der Waals surface area contributed by atoms with Crippen LogP contribution in [0.25, 0.3) is 0 Å². The highest BCUT2D eigenvalue weighted by molar-refractivity contribution is 14.1. The molecule has 1 rings (SSSR count). The molecule has 0 N–H and O–H groups in total. The van der Waals surface area contributed by atoms with Crippen LogP contribution in [0.2, 0.25) is 0 Å². The van der Waals surface area contributed by atoms with E-state index in [9.17, 15) is 4.79 Å². The van der Waals surface area contributed by atoms with Crippen molar-refractivity contribution in [3.05, 3.63) is 26.8 Å². The number of carbonyl (C=O) groups excluding carboxylic acids is 1. The zero-order chi connectivity index (χ0) is 11.4. The highest BCUT2D eigenvalue weighted by Crippen LogP contribution is 2.26. The topological polar surface area (TPSA) is 26.3 Å². The van der Waals surface area contributed by atoms with E-state index < -0.39 is 0 Å². The minimum atomic E-state index is -0.236. The second kappa shape index (κ2) is 5.75. The number of halogens is 1. The molecule has 0 aliphatic heterocycles. The van der Waals surface area contributed by atoms with E-state index in [1.54, 1.807) is 11.8 Å². The lowest BCUT2D eigenvalue weighted by Gasteiger charge is -2.09. The molecule has 0 atom stereocenters. The zero-order valence-corrected chi connectivity index (χ0v) is 11.9. The van der Waals surface area contributed by atoms with Gasteiger partial charge >= 0.3 is 5.97 Å². The van der Waals surface area contributed by atoms with Crippen LogP contribution in [0.3, 0.4) is 0 Å². The van der Waals surface area contributed by atoms with Gasteiger partial charge in [-0.25, -0.2) is 4.79 Å². The van der Waals surface area contributed by atoms with Crippen molar-refractivity contribution in [1.29, 1.82) is 0 Å². The maximum Gasteiger partial charge on any atom is 0.339 e. The van der Waals surface area contributed by atoms with Gasteiger partial charge in [0, 0.05) is 8.47 Å². The number of carbonyl (C=O) groups is 1. The molecule has 1 aromatic carbocycles. The molecular formula is C11H13IO2S. The van der Waals surface area contributed by atoms with Gasteiger partial charge in [-0.1, -0.05) is 0 Å². The normalized spacial score (nSPS) is 10.1. The van der Waals surface area contributed by atoms with E-state index in [1.807, 2.05) is 32.2 Å². The van der Waals surface area contributed by atoms with Crippen molar-refractivity contribution < 1.29 is 9.53 Å². The van der Waals surface area contributed by atoms with Crippen molar-refractivity contribution in [3.63, 3.8) is 0 Å². The summed E-state index contributed by atoms with van der Waals surface area (Å²) in [5.74, 6) is -0.236. The van der Waals surface area contributed by atoms with Gasteiger partial charge in [0.05, 0.1) is 12.2 Å². The average Bonchev–Trinajstić information content (AvgIpc) is 2.21. The molecule has 0 amide bonds. The van der Waals surface area contributed by atoms with Crippen LogP contribution in [0.15, 0.2) is 17.0 Å². The van der Waals surface area contributed by atoms with Crippen LogP contribution in [-0.4, -0.2) is 18.8 Å². The Morgan fingerprint density at radius 3 is 2.73 bits per heavy atom. The van der Waals surface area contributed by atoms with E-state index in [4.69, 9.17) is 4.74 Å². The summed E-state index contributed by atoms with van der Waals surface area (Å²) in [6, 6.07) is 3.92. The largest absolute Gasteiger partial charge is 0.462 e. The van der Waals surface area contributed by atoms with E-state index in [-0.39, 0.29) is 5.97 Å². The predicted octanol–water partition coefficient (Wildman–Crippen LogP) is 3.50. The third-order valence-corrected chi connectivity index (χ3v) is 3.92. The standard InChI is InChI=1S/C11H13IO2S/c1-4-14-11(13)8-6-9(12)7(2)5-10(8)15-3/h5-6H,4H2,1-3H3. The molecule has 2 nitrogen and oxygen atoms in total. The Bertz CT molecular complexity index is 377. The second-order valence-electron chi connectivity index (χ2n) is 3.02. The van der Waals surface area contributed by atoms with Gasteiger partial charge < -0.3 is 4.74 Å². The monoisotopic (exact) mass is 336 g/mol. The molecule has 0 aliphatic carbocycles. The van der Waals surface area contributed by atoms with Crippen molar-refractivity contribution in [3.8, 4) is 0 Å². The third kappa shape index (κ3) is 3.11. The summed E-state index contributed by atoms with van der Waals surface area (Å²) in [7, 11) is 0. The van der Waals surface area contributed by atoms with Gasteiger partial charge in [0.2, 0.25) is 0 Å². The molecule has 82 valence electrons. The fourth-order valence-corrected chi connectivity index (χ4v) is 2.32. The van der Waals surface area contributed by atoms with Gasteiger partial charge in [-0.2, -0.15) is 0 Å². The first kappa shape index (κ1) is 12.8. The molecule has 0 aliphatic rings. The Balaban J connectivity index is 3.15. The van der Waals surface area contributed by atoms with Crippen LogP contribution in [0.5, 0.6) is 0 Å². The van der Waals surface area contributed by atoms with E-state index in [0.717, 1.165) is 8.47 Å². The summed E-state index contributed by atoms with van der Waals surface area (Å²) in [4.78, 5) is 12.6. The lowest BCUT2D eigenvalue weighted by Crippen LogP contribution is -2.07. The molecule has 1 aromatic rings. The number of hydrogen-bond donors (Lipinski definition) is 0. The first-order valence-corrected chi connectivity index (χ1v) is 6.91. The van der Waals surface area contributed by atoms with Gasteiger partial charge in [-0.05, 0) is 60.4 Å². The van der Waals surface area contributed by atoms with Gasteiger partial charge in [-0.15, -0.1) is 11.8 Å². The fraction of sp³-hybridized carbons (Fsp3) is 0.364. The van der Waals surface area contributed by atoms with Crippen molar-refractivity contribution >= 4 is 40.3 Å². The van der Waals surface area contributed by atoms with Crippen molar-refractivity contribution in [2.75, 3.05) is 12.9 Å². The number of esters is 1. The van der Waals surface area contributed by atoms with E-state index in [1.165, 1.54) is 5.56 Å². The predicted molar refractivity (Wildman–Crippen MR) is 71.6 cm³/mol. The lowest BCUT2D eigenvalue weighted by atomic mass is 10.1. The molecule has 0 saturated carbocycles. The van der Waals surface area contributed by atoms with Crippen LogP contribution in [0.1, 0.15) is 22.8 Å². The second-order valence-corrected chi connectivity index (χ2v) is 5.03. The van der Waals surface area contributed by atoms with E-state index in [2.05, 4.69) is 22.6 Å². The summed E-state index contributed by atoms with van der Waals surface area (Å²) in [5.41, 5.74) is 1.85. The highest BCUT2D eigenvalue weighted by Gasteiger charge is 2.13. The molecule has 0 radical (unpaired) electrons. The first-order valence-electron chi connectivity index (χ1n) is 4.61. The van der Waals surface area contributed by atoms with Gasteiger partial charge in [0.1, 0.15) is 0 Å². The third-order valence-electron chi connectivity index (χ3n) is 1.98. The number of hydrogen-bond acceptors (Lipinski definition) is 3. The fourth-order valence-electron chi connectivity index (χ4n) is 1.19. The smallest absolute Gasteiger partial charge is 0.339 e. The van der Waals surface area contributed by atoms with Crippen LogP contribution in [-0.2, 0) is 4.74 Å². The van der Waals surface area contributed by atoms with Crippen molar-refractivity contribution in [1.82, 2.24) is 0 Å². The van der Waals surface area contributed by atoms with Crippen molar-refractivity contribution in [2.24, 2.45) is 0 Å². The van der Waals surface area contributed by atoms with E-state index in [0.29, 0.717) is 12.2 Å². The van der Waals surface area contributed by atoms with Gasteiger partial charge in [-0.3, -0.25) is 0 Å². The highest BCUT2D eigenvalue weighted by atomic mass is 127. The summed E-state index contributed by atoms with van der Waals surface area (Å²) < 4.78 is 6.10. The quantitative estimate of drug-likeness (QED) is 0.480. The maximum atomic E-state index is 11.6. The molecular weight excluding hydrogens is 323 g/mol. The molecule has 4 heteroatoms. The number of rotatable bonds is 3. The Hall–Kier alpha value is -0.230. The first-order chi connectivity index (χ1) is 7.10. The Morgan fingerprint density at radius 1 is 1.53 bits per heavy atom. The molecule has 0 unspecified atom stereocenters. The molecule has 0 aromatic heterocycles. The number of ether oxygens (including phenoxy) is 1. The zero-order valence-electron chi connectivity index (χ0n) is 8.96. The maximum absolute atomic E-state index is 11.6. The molecule has 15 heavy (non-hydrogen) atoms. The molecule has 0 fully saturated rings. The average molecular weight is 336 g/mol. The Labute approximate surface area is 108 Å². The summed E-state index contributed by atoms with van der Waals surface area (Å²) in [6.07, 6.45) is 1.96. The summed E-state index contributed by atoms with van der Waals surface area (Å²) in [5, 5.41) is 0. The van der Waals surface area contributed by atoms with Crippen LogP contribution >= 0.6 is 34.4 Å². The number of benzene rings is 1. The van der Waals surface area contributed by atoms with Crippen LogP contribution in [0, 0.1) is 10.5 Å². The summed E-state index contributed by atoms with van der Waals surface area (Å²) in [6.45, 7) is 4.27. The van der Waals surface area contributed by atoms with Crippen LogP contribution in [0.4, 0.5) is 0 Å². The van der Waals surface area contributed by atoms with E-state index >= 15 is 0 Å². The van der Waals surface area contributed by atoms with Gasteiger partial charge in [0.15, 0.2) is 0 Å². The van der Waals surface area contributed by atoms with Crippen LogP contribution < -0.4 is 0 Å². The molecule has 0 saturated heterocycles. The Morgan fingerprint density at radius 2 is 2.20 bits per heavy atom. The van der Waals surface area contributed by atoms with Gasteiger partial charge in [0.25, 0.3) is 0 Å². The Kier molecular flexibility index (Phi) is 4.92. The number of aryl methyl sites for hydroxylation is 1. The minimum absolute atomic E-state index is 0.236. The van der Waals surface area contributed by atoms with Crippen molar-refractivity contribution in [2.45, 2.75) is 18.7 Å². The molecule has 0 bridgehead atoms. The molecule has 0 spiro atoms. The number of thioether (sulfide) groups is 1. The SMILES string of the molecule is CCOC(=O)c1cc(I)c(C)cc1SC. The minimum Gasteiger partial charge on any atom is -0.462 e. The summed E-state index contributed by atoms with van der Waals surface area (Å²) >= 11 is 3.80. The lowest BCUT2D eigenvalue weighted by molar-refractivity contribution is 0.0522. The molecule has 0 heterocycles.